The zero-order valence-electron chi connectivity index (χ0n) is 11.1. The third kappa shape index (κ3) is 3.80. The van der Waals surface area contributed by atoms with Gasteiger partial charge in [0, 0.05) is 17.5 Å². The van der Waals surface area contributed by atoms with E-state index in [4.69, 9.17) is 0 Å². The lowest BCUT2D eigenvalue weighted by Gasteiger charge is -2.35. The van der Waals surface area contributed by atoms with Gasteiger partial charge in [0.15, 0.2) is 0 Å². The molecule has 1 aromatic heterocycles. The molecular formula is C14H22BrNOS. The molecule has 0 aliphatic heterocycles. The fourth-order valence-corrected chi connectivity index (χ4v) is 3.93. The van der Waals surface area contributed by atoms with E-state index < -0.39 is 5.60 Å². The average Bonchev–Trinajstić information content (AvgIpc) is 2.77. The van der Waals surface area contributed by atoms with Gasteiger partial charge in [-0.2, -0.15) is 0 Å². The van der Waals surface area contributed by atoms with Crippen molar-refractivity contribution in [3.63, 3.8) is 0 Å². The lowest BCUT2D eigenvalue weighted by atomic mass is 9.79. The molecule has 1 saturated carbocycles. The summed E-state index contributed by atoms with van der Waals surface area (Å²) in [5.41, 5.74) is -0.491. The van der Waals surface area contributed by atoms with Crippen LogP contribution in [0.4, 0.5) is 0 Å². The Kier molecular flexibility index (Phi) is 4.86. The number of halogens is 1. The van der Waals surface area contributed by atoms with Crippen molar-refractivity contribution in [3.8, 4) is 0 Å². The van der Waals surface area contributed by atoms with Crippen molar-refractivity contribution in [2.75, 3.05) is 6.54 Å². The van der Waals surface area contributed by atoms with Crippen LogP contribution in [-0.2, 0) is 0 Å². The number of thiophene rings is 1. The lowest BCUT2D eigenvalue weighted by molar-refractivity contribution is -0.00777. The van der Waals surface area contributed by atoms with Crippen molar-refractivity contribution >= 4 is 27.3 Å². The van der Waals surface area contributed by atoms with Gasteiger partial charge in [-0.05, 0) is 66.6 Å². The molecule has 1 aliphatic rings. The van der Waals surface area contributed by atoms with Gasteiger partial charge in [-0.3, -0.25) is 0 Å². The number of rotatable bonds is 4. The van der Waals surface area contributed by atoms with Crippen LogP contribution in [0.15, 0.2) is 15.9 Å². The van der Waals surface area contributed by atoms with Crippen LogP contribution in [0.2, 0.25) is 0 Å². The highest BCUT2D eigenvalue weighted by Gasteiger charge is 2.31. The topological polar surface area (TPSA) is 32.3 Å². The Morgan fingerprint density at radius 2 is 2.17 bits per heavy atom. The monoisotopic (exact) mass is 331 g/mol. The van der Waals surface area contributed by atoms with E-state index in [0.717, 1.165) is 35.4 Å². The predicted molar refractivity (Wildman–Crippen MR) is 81.0 cm³/mol. The average molecular weight is 332 g/mol. The van der Waals surface area contributed by atoms with Crippen LogP contribution in [0.1, 0.15) is 50.4 Å². The van der Waals surface area contributed by atoms with E-state index in [0.29, 0.717) is 12.6 Å². The van der Waals surface area contributed by atoms with Crippen LogP contribution in [-0.4, -0.2) is 17.3 Å². The van der Waals surface area contributed by atoms with Gasteiger partial charge >= 0.3 is 0 Å². The van der Waals surface area contributed by atoms with Crippen LogP contribution < -0.4 is 5.32 Å². The van der Waals surface area contributed by atoms with E-state index in [2.05, 4.69) is 47.2 Å². The summed E-state index contributed by atoms with van der Waals surface area (Å²) in [5.74, 6) is 0.774. The van der Waals surface area contributed by atoms with Crippen molar-refractivity contribution in [2.24, 2.45) is 5.92 Å². The molecule has 1 heterocycles. The van der Waals surface area contributed by atoms with Crippen LogP contribution in [0.3, 0.4) is 0 Å². The molecule has 0 bridgehead atoms. The Labute approximate surface area is 122 Å². The highest BCUT2D eigenvalue weighted by atomic mass is 79.9. The summed E-state index contributed by atoms with van der Waals surface area (Å²) in [6.07, 6.45) is 4.16. The molecule has 0 aromatic carbocycles. The summed E-state index contributed by atoms with van der Waals surface area (Å²) in [4.78, 5) is 1.31. The maximum Gasteiger partial charge on any atom is 0.0772 e. The highest BCUT2D eigenvalue weighted by molar-refractivity contribution is 9.11. The quantitative estimate of drug-likeness (QED) is 0.870. The number of aliphatic hydroxyl groups is 1. The van der Waals surface area contributed by atoms with Crippen LogP contribution >= 0.6 is 27.3 Å². The van der Waals surface area contributed by atoms with Gasteiger partial charge in [-0.1, -0.05) is 6.92 Å². The molecule has 18 heavy (non-hydrogen) atoms. The molecule has 1 aromatic rings. The number of nitrogens with one attached hydrogen (secondary N) is 1. The third-order valence-electron chi connectivity index (χ3n) is 3.96. The summed E-state index contributed by atoms with van der Waals surface area (Å²) in [7, 11) is 0. The van der Waals surface area contributed by atoms with E-state index in [9.17, 15) is 5.11 Å². The first kappa shape index (κ1) is 14.5. The summed E-state index contributed by atoms with van der Waals surface area (Å²) in [6, 6.07) is 4.53. The van der Waals surface area contributed by atoms with E-state index >= 15 is 0 Å². The largest absolute Gasteiger partial charge is 0.389 e. The van der Waals surface area contributed by atoms with Gasteiger partial charge in [0.1, 0.15) is 0 Å². The fraction of sp³-hybridized carbons (Fsp3) is 0.714. The molecule has 2 nitrogen and oxygen atoms in total. The zero-order chi connectivity index (χ0) is 13.2. The molecule has 102 valence electrons. The van der Waals surface area contributed by atoms with E-state index in [1.807, 2.05) is 0 Å². The minimum atomic E-state index is -0.491. The predicted octanol–water partition coefficient (Wildman–Crippen LogP) is 4.10. The minimum Gasteiger partial charge on any atom is -0.389 e. The zero-order valence-corrected chi connectivity index (χ0v) is 13.5. The molecular weight excluding hydrogens is 310 g/mol. The Morgan fingerprint density at radius 3 is 2.72 bits per heavy atom. The second-order valence-electron chi connectivity index (χ2n) is 5.65. The van der Waals surface area contributed by atoms with E-state index in [-0.39, 0.29) is 0 Å². The summed E-state index contributed by atoms with van der Waals surface area (Å²) < 4.78 is 1.16. The second-order valence-corrected chi connectivity index (χ2v) is 8.15. The van der Waals surface area contributed by atoms with Gasteiger partial charge < -0.3 is 10.4 Å². The van der Waals surface area contributed by atoms with Gasteiger partial charge in [0.2, 0.25) is 0 Å². The summed E-state index contributed by atoms with van der Waals surface area (Å²) in [5, 5.41) is 14.0. The first-order valence-electron chi connectivity index (χ1n) is 6.69. The molecule has 2 N–H and O–H groups in total. The molecule has 1 atom stereocenters. The normalized spacial score (nSPS) is 30.3. The Morgan fingerprint density at radius 1 is 1.50 bits per heavy atom. The van der Waals surface area contributed by atoms with Crippen LogP contribution in [0.5, 0.6) is 0 Å². The Balaban J connectivity index is 1.84. The third-order valence-corrected chi connectivity index (χ3v) is 5.77. The van der Waals surface area contributed by atoms with E-state index in [1.165, 1.54) is 4.88 Å². The molecule has 2 rings (SSSR count). The Hall–Kier alpha value is 0.1000. The molecule has 1 unspecified atom stereocenters. The summed E-state index contributed by atoms with van der Waals surface area (Å²) in [6.45, 7) is 5.14. The van der Waals surface area contributed by atoms with Crippen molar-refractivity contribution in [1.82, 2.24) is 5.32 Å². The smallest absolute Gasteiger partial charge is 0.0772 e. The first-order chi connectivity index (χ1) is 8.48. The van der Waals surface area contributed by atoms with Crippen LogP contribution in [0, 0.1) is 5.92 Å². The van der Waals surface area contributed by atoms with Gasteiger partial charge in [-0.25, -0.2) is 0 Å². The van der Waals surface area contributed by atoms with Crippen molar-refractivity contribution < 1.29 is 5.11 Å². The molecule has 1 fully saturated rings. The molecule has 4 heteroatoms. The van der Waals surface area contributed by atoms with Gasteiger partial charge in [-0.15, -0.1) is 11.3 Å². The first-order valence-corrected chi connectivity index (χ1v) is 8.30. The highest BCUT2D eigenvalue weighted by Crippen LogP contribution is 2.32. The molecule has 0 amide bonds. The van der Waals surface area contributed by atoms with Gasteiger partial charge in [0.25, 0.3) is 0 Å². The minimum absolute atomic E-state index is 0.310. The Bertz CT molecular complexity index is 385. The van der Waals surface area contributed by atoms with Crippen molar-refractivity contribution in [2.45, 2.75) is 51.2 Å². The summed E-state index contributed by atoms with van der Waals surface area (Å²) >= 11 is 5.24. The van der Waals surface area contributed by atoms with Crippen LogP contribution in [0.25, 0.3) is 0 Å². The SMILES string of the molecule is CC1CCC(O)(CNC(C)c2ccc(Br)s2)CC1. The van der Waals surface area contributed by atoms with E-state index in [1.54, 1.807) is 11.3 Å². The molecule has 1 aliphatic carbocycles. The van der Waals surface area contributed by atoms with Crippen molar-refractivity contribution in [1.29, 1.82) is 0 Å². The standard InChI is InChI=1S/C14H22BrNOS/c1-10-5-7-14(17,8-6-10)9-16-11(2)12-3-4-13(15)18-12/h3-4,10-11,16-17H,5-9H2,1-2H3. The second kappa shape index (κ2) is 6.04. The number of hydrogen-bond donors (Lipinski definition) is 2. The molecule has 0 radical (unpaired) electrons. The molecule has 0 spiro atoms. The fourth-order valence-electron chi connectivity index (χ4n) is 2.48. The van der Waals surface area contributed by atoms with Gasteiger partial charge in [0.05, 0.1) is 9.39 Å². The maximum absolute atomic E-state index is 10.5. The lowest BCUT2D eigenvalue weighted by Crippen LogP contribution is -2.43. The number of hydrogen-bond acceptors (Lipinski definition) is 3. The molecule has 0 saturated heterocycles. The maximum atomic E-state index is 10.5. The van der Waals surface area contributed by atoms with Crippen molar-refractivity contribution in [3.05, 3.63) is 20.8 Å².